The third-order valence-electron chi connectivity index (χ3n) is 9.58. The zero-order chi connectivity index (χ0) is 24.8. The molecule has 0 radical (unpaired) electrons. The molecule has 35 heavy (non-hydrogen) atoms. The minimum Gasteiger partial charge on any atom is -0.309 e. The number of nitrogens with zero attached hydrogens (tertiary/aromatic N) is 1. The largest absolute Gasteiger partial charge is 0.309 e. The summed E-state index contributed by atoms with van der Waals surface area (Å²) in [6.07, 6.45) is 0. The van der Waals surface area contributed by atoms with Gasteiger partial charge in [0.1, 0.15) is 0 Å². The molecule has 0 bridgehead atoms. The van der Waals surface area contributed by atoms with Gasteiger partial charge in [-0.15, -0.1) is 0 Å². The van der Waals surface area contributed by atoms with Gasteiger partial charge in [-0.3, -0.25) is 0 Å². The molecule has 1 aliphatic carbocycles. The second-order valence-corrected chi connectivity index (χ2v) is 12.5. The van der Waals surface area contributed by atoms with E-state index >= 15 is 0 Å². The van der Waals surface area contributed by atoms with Gasteiger partial charge in [0.25, 0.3) is 0 Å². The lowest BCUT2D eigenvalue weighted by Gasteiger charge is -2.44. The van der Waals surface area contributed by atoms with Crippen molar-refractivity contribution in [3.05, 3.63) is 101 Å². The first-order valence-corrected chi connectivity index (χ1v) is 13.3. The third-order valence-corrected chi connectivity index (χ3v) is 10.2. The molecule has 0 aliphatic heterocycles. The van der Waals surface area contributed by atoms with Crippen LogP contribution in [0, 0.1) is 5.41 Å². The highest BCUT2D eigenvalue weighted by molar-refractivity contribution is 9.10. The van der Waals surface area contributed by atoms with E-state index in [0.717, 1.165) is 0 Å². The fourth-order valence-electron chi connectivity index (χ4n) is 6.28. The van der Waals surface area contributed by atoms with Crippen molar-refractivity contribution in [1.29, 1.82) is 0 Å². The number of rotatable bonds is 2. The lowest BCUT2D eigenvalue weighted by atomic mass is 9.59. The van der Waals surface area contributed by atoms with Crippen LogP contribution in [0.25, 0.3) is 38.6 Å². The summed E-state index contributed by atoms with van der Waals surface area (Å²) in [6.45, 7) is 14.5. The molecule has 0 atom stereocenters. The Labute approximate surface area is 216 Å². The van der Waals surface area contributed by atoms with Crippen LogP contribution in [0.3, 0.4) is 0 Å². The fraction of sp³-hybridized carbons (Fsp3) is 0.273. The Morgan fingerprint density at radius 1 is 0.600 bits per heavy atom. The van der Waals surface area contributed by atoms with Gasteiger partial charge in [-0.1, -0.05) is 99.9 Å². The Kier molecular flexibility index (Phi) is 4.74. The standard InChI is InChI=1S/C33H32BrN/c1-31(2)26-19-24(28(34)20-27(26)32(3,4)33(31,5)6)21-16-17-30-25(18-21)23-14-10-11-15-29(23)35(30)22-12-8-7-9-13-22/h7-20H,1-6H3. The van der Waals surface area contributed by atoms with E-state index in [9.17, 15) is 0 Å². The molecule has 0 saturated carbocycles. The number of aromatic nitrogens is 1. The Balaban J connectivity index is 1.60. The first kappa shape index (κ1) is 22.6. The lowest BCUT2D eigenvalue weighted by Crippen LogP contribution is -2.42. The summed E-state index contributed by atoms with van der Waals surface area (Å²) in [7, 11) is 0. The molecule has 2 heteroatoms. The van der Waals surface area contributed by atoms with Crippen LogP contribution in [0.2, 0.25) is 0 Å². The Hall–Kier alpha value is -2.84. The van der Waals surface area contributed by atoms with Crippen LogP contribution >= 0.6 is 15.9 Å². The summed E-state index contributed by atoms with van der Waals surface area (Å²) < 4.78 is 3.55. The van der Waals surface area contributed by atoms with Crippen molar-refractivity contribution in [2.75, 3.05) is 0 Å². The molecule has 4 aromatic carbocycles. The summed E-state index contributed by atoms with van der Waals surface area (Å²) in [5.41, 5.74) is 9.44. The molecule has 1 aliphatic rings. The number of hydrogen-bond acceptors (Lipinski definition) is 0. The molecule has 176 valence electrons. The van der Waals surface area contributed by atoms with Crippen molar-refractivity contribution in [1.82, 2.24) is 4.57 Å². The molecule has 0 N–H and O–H groups in total. The highest BCUT2D eigenvalue weighted by Crippen LogP contribution is 2.62. The average molecular weight is 523 g/mol. The first-order chi connectivity index (χ1) is 16.6. The minimum absolute atomic E-state index is 0.0781. The molecule has 1 aromatic heterocycles. The van der Waals surface area contributed by atoms with Crippen molar-refractivity contribution < 1.29 is 0 Å². The van der Waals surface area contributed by atoms with E-state index in [-0.39, 0.29) is 16.2 Å². The number of benzene rings is 4. The van der Waals surface area contributed by atoms with Crippen LogP contribution in [0.5, 0.6) is 0 Å². The normalized spacial score (nSPS) is 17.7. The quantitative estimate of drug-likeness (QED) is 0.217. The molecule has 5 aromatic rings. The van der Waals surface area contributed by atoms with Crippen LogP contribution in [-0.2, 0) is 10.8 Å². The molecule has 6 rings (SSSR count). The highest BCUT2D eigenvalue weighted by Gasteiger charge is 2.56. The van der Waals surface area contributed by atoms with Crippen molar-refractivity contribution in [2.45, 2.75) is 52.4 Å². The summed E-state index contributed by atoms with van der Waals surface area (Å²) in [6, 6.07) is 31.2. The van der Waals surface area contributed by atoms with Gasteiger partial charge in [0.15, 0.2) is 0 Å². The van der Waals surface area contributed by atoms with E-state index in [4.69, 9.17) is 0 Å². The molecule has 0 unspecified atom stereocenters. The van der Waals surface area contributed by atoms with E-state index < -0.39 is 0 Å². The van der Waals surface area contributed by atoms with Crippen LogP contribution in [0.15, 0.2) is 89.4 Å². The summed E-state index contributed by atoms with van der Waals surface area (Å²) in [4.78, 5) is 0. The number of para-hydroxylation sites is 2. The highest BCUT2D eigenvalue weighted by atomic mass is 79.9. The van der Waals surface area contributed by atoms with Crippen LogP contribution in [0.1, 0.15) is 52.7 Å². The van der Waals surface area contributed by atoms with Gasteiger partial charge in [-0.05, 0) is 81.0 Å². The molecule has 0 fully saturated rings. The maximum absolute atomic E-state index is 3.96. The summed E-state index contributed by atoms with van der Waals surface area (Å²) in [5, 5.41) is 2.57. The molecule has 1 nitrogen and oxygen atoms in total. The van der Waals surface area contributed by atoms with Gasteiger partial charge in [0, 0.05) is 20.9 Å². The van der Waals surface area contributed by atoms with E-state index in [0.29, 0.717) is 0 Å². The van der Waals surface area contributed by atoms with Gasteiger partial charge < -0.3 is 4.57 Å². The fourth-order valence-corrected chi connectivity index (χ4v) is 6.85. The zero-order valence-corrected chi connectivity index (χ0v) is 23.0. The molecule has 0 spiro atoms. The zero-order valence-electron chi connectivity index (χ0n) is 21.4. The van der Waals surface area contributed by atoms with E-state index in [1.54, 1.807) is 0 Å². The summed E-state index contributed by atoms with van der Waals surface area (Å²) in [5.74, 6) is 0. The van der Waals surface area contributed by atoms with Crippen molar-refractivity contribution in [3.63, 3.8) is 0 Å². The van der Waals surface area contributed by atoms with Gasteiger partial charge in [0.05, 0.1) is 11.0 Å². The minimum atomic E-state index is 0.0781. The number of hydrogen-bond donors (Lipinski definition) is 0. The monoisotopic (exact) mass is 521 g/mol. The topological polar surface area (TPSA) is 4.93 Å². The van der Waals surface area contributed by atoms with Gasteiger partial charge in [-0.25, -0.2) is 0 Å². The van der Waals surface area contributed by atoms with Crippen molar-refractivity contribution >= 4 is 37.7 Å². The van der Waals surface area contributed by atoms with Gasteiger partial charge in [0.2, 0.25) is 0 Å². The Morgan fingerprint density at radius 3 is 1.91 bits per heavy atom. The van der Waals surface area contributed by atoms with Crippen LogP contribution in [0.4, 0.5) is 0 Å². The van der Waals surface area contributed by atoms with Crippen molar-refractivity contribution in [3.8, 4) is 16.8 Å². The molecular formula is C33H32BrN. The second kappa shape index (κ2) is 7.34. The number of halogens is 1. The molecule has 0 saturated heterocycles. The second-order valence-electron chi connectivity index (χ2n) is 11.7. The SMILES string of the molecule is CC1(C)c2cc(Br)c(-c3ccc4c(c3)c3ccccc3n4-c3ccccc3)cc2C(C)(C)C1(C)C. The first-order valence-electron chi connectivity index (χ1n) is 12.5. The van der Waals surface area contributed by atoms with Crippen molar-refractivity contribution in [2.24, 2.45) is 5.41 Å². The molecular weight excluding hydrogens is 490 g/mol. The van der Waals surface area contributed by atoms with Gasteiger partial charge >= 0.3 is 0 Å². The van der Waals surface area contributed by atoms with E-state index in [2.05, 4.69) is 147 Å². The molecule has 1 heterocycles. The smallest absolute Gasteiger partial charge is 0.0541 e. The predicted octanol–water partition coefficient (Wildman–Crippen LogP) is 9.81. The predicted molar refractivity (Wildman–Crippen MR) is 154 cm³/mol. The third kappa shape index (κ3) is 2.93. The number of fused-ring (bicyclic) bond motifs is 4. The van der Waals surface area contributed by atoms with Crippen LogP contribution < -0.4 is 0 Å². The van der Waals surface area contributed by atoms with E-state index in [1.165, 1.54) is 54.2 Å². The average Bonchev–Trinajstić information content (AvgIpc) is 3.21. The Bertz CT molecular complexity index is 1620. The molecule has 0 amide bonds. The van der Waals surface area contributed by atoms with E-state index in [1.807, 2.05) is 0 Å². The van der Waals surface area contributed by atoms with Gasteiger partial charge in [-0.2, -0.15) is 0 Å². The van der Waals surface area contributed by atoms with Crippen LogP contribution in [-0.4, -0.2) is 4.57 Å². The maximum atomic E-state index is 3.96. The Morgan fingerprint density at radius 2 is 1.20 bits per heavy atom. The lowest BCUT2D eigenvalue weighted by molar-refractivity contribution is 0.125. The maximum Gasteiger partial charge on any atom is 0.0541 e. The summed E-state index contributed by atoms with van der Waals surface area (Å²) >= 11 is 3.96.